The number of nitrogens with zero attached hydrogens (tertiary/aromatic N) is 4. The van der Waals surface area contributed by atoms with E-state index in [-0.39, 0.29) is 11.8 Å². The summed E-state index contributed by atoms with van der Waals surface area (Å²) >= 11 is 0. The fraction of sp³-hybridized carbons (Fsp3) is 0.500. The summed E-state index contributed by atoms with van der Waals surface area (Å²) in [6, 6.07) is 5.90. The van der Waals surface area contributed by atoms with Gasteiger partial charge in [0.1, 0.15) is 11.6 Å². The largest absolute Gasteiger partial charge is 0.356 e. The van der Waals surface area contributed by atoms with E-state index in [1.807, 2.05) is 24.4 Å². The molecule has 1 aliphatic rings. The van der Waals surface area contributed by atoms with E-state index in [9.17, 15) is 4.79 Å². The molecule has 0 saturated carbocycles. The summed E-state index contributed by atoms with van der Waals surface area (Å²) < 4.78 is 2.10. The van der Waals surface area contributed by atoms with Crippen molar-refractivity contribution in [2.24, 2.45) is 5.92 Å². The molecule has 3 rings (SSSR count). The van der Waals surface area contributed by atoms with Crippen molar-refractivity contribution in [1.82, 2.24) is 19.9 Å². The quantitative estimate of drug-likeness (QED) is 0.884. The molecule has 0 unspecified atom stereocenters. The third-order valence-electron chi connectivity index (χ3n) is 4.45. The van der Waals surface area contributed by atoms with Crippen LogP contribution in [0.2, 0.25) is 0 Å². The molecule has 0 bridgehead atoms. The van der Waals surface area contributed by atoms with Crippen LogP contribution in [0.4, 0.5) is 5.82 Å². The number of aromatic nitrogens is 3. The first-order chi connectivity index (χ1) is 11.8. The molecule has 1 N–H and O–H groups in total. The van der Waals surface area contributed by atoms with Crippen molar-refractivity contribution in [1.29, 1.82) is 0 Å². The fourth-order valence-electron chi connectivity index (χ4n) is 3.20. The lowest BCUT2D eigenvalue weighted by Gasteiger charge is -2.32. The van der Waals surface area contributed by atoms with Crippen molar-refractivity contribution < 1.29 is 4.79 Å². The maximum atomic E-state index is 12.5. The van der Waals surface area contributed by atoms with Crippen molar-refractivity contribution in [2.45, 2.75) is 39.3 Å². The molecule has 2 aromatic heterocycles. The van der Waals surface area contributed by atoms with E-state index in [0.717, 1.165) is 50.5 Å². The number of hydrogen-bond donors (Lipinski definition) is 1. The lowest BCUT2D eigenvalue weighted by atomic mass is 9.97. The lowest BCUT2D eigenvalue weighted by Crippen LogP contribution is -2.43. The second kappa shape index (κ2) is 7.95. The molecule has 1 fully saturated rings. The number of anilines is 1. The van der Waals surface area contributed by atoms with E-state index in [1.165, 1.54) is 0 Å². The molecule has 0 aromatic carbocycles. The van der Waals surface area contributed by atoms with Crippen LogP contribution >= 0.6 is 0 Å². The average Bonchev–Trinajstić information content (AvgIpc) is 3.08. The molecule has 0 aliphatic carbocycles. The van der Waals surface area contributed by atoms with Crippen molar-refractivity contribution in [3.8, 4) is 0 Å². The highest BCUT2D eigenvalue weighted by Gasteiger charge is 2.26. The number of nitrogens with one attached hydrogen (secondary N) is 1. The number of carbonyl (C=O) groups excluding carboxylic acids is 1. The number of aryl methyl sites for hydroxylation is 1. The highest BCUT2D eigenvalue weighted by Crippen LogP contribution is 2.21. The molecule has 0 radical (unpaired) electrons. The van der Waals surface area contributed by atoms with Crippen LogP contribution in [0.5, 0.6) is 0 Å². The molecule has 1 aliphatic heterocycles. The molecule has 6 heteroatoms. The predicted molar refractivity (Wildman–Crippen MR) is 93.5 cm³/mol. The Balaban J connectivity index is 1.56. The van der Waals surface area contributed by atoms with Crippen molar-refractivity contribution in [3.63, 3.8) is 0 Å². The smallest absolute Gasteiger partial charge is 0.225 e. The van der Waals surface area contributed by atoms with Gasteiger partial charge in [0, 0.05) is 38.2 Å². The summed E-state index contributed by atoms with van der Waals surface area (Å²) in [5.41, 5.74) is 0. The zero-order valence-electron chi connectivity index (χ0n) is 14.2. The van der Waals surface area contributed by atoms with Gasteiger partial charge in [-0.25, -0.2) is 9.97 Å². The summed E-state index contributed by atoms with van der Waals surface area (Å²) in [6.45, 7) is 5.25. The Morgan fingerprint density at radius 3 is 3.04 bits per heavy atom. The first kappa shape index (κ1) is 16.5. The SMILES string of the molecule is CCCn1ccnc1CNC(=O)[C@H]1CCCN(c2ccccn2)C1. The van der Waals surface area contributed by atoms with Gasteiger partial charge in [0.2, 0.25) is 5.91 Å². The fourth-order valence-corrected chi connectivity index (χ4v) is 3.20. The van der Waals surface area contributed by atoms with Gasteiger partial charge in [-0.3, -0.25) is 4.79 Å². The number of piperidine rings is 1. The van der Waals surface area contributed by atoms with Crippen LogP contribution in [0.15, 0.2) is 36.8 Å². The van der Waals surface area contributed by atoms with E-state index in [4.69, 9.17) is 0 Å². The highest BCUT2D eigenvalue weighted by atomic mass is 16.1. The zero-order valence-corrected chi connectivity index (χ0v) is 14.2. The molecule has 1 saturated heterocycles. The summed E-state index contributed by atoms with van der Waals surface area (Å²) in [4.78, 5) is 23.5. The molecule has 0 spiro atoms. The van der Waals surface area contributed by atoms with Crippen LogP contribution in [-0.2, 0) is 17.9 Å². The molecule has 3 heterocycles. The molecule has 2 aromatic rings. The van der Waals surface area contributed by atoms with Crippen LogP contribution in [0.3, 0.4) is 0 Å². The van der Waals surface area contributed by atoms with E-state index < -0.39 is 0 Å². The Morgan fingerprint density at radius 2 is 2.25 bits per heavy atom. The minimum atomic E-state index is 0.00958. The number of imidazole rings is 1. The van der Waals surface area contributed by atoms with Gasteiger partial charge in [-0.1, -0.05) is 13.0 Å². The van der Waals surface area contributed by atoms with Crippen LogP contribution in [0, 0.1) is 5.92 Å². The molecule has 1 atom stereocenters. The topological polar surface area (TPSA) is 63.1 Å². The van der Waals surface area contributed by atoms with Crippen molar-refractivity contribution in [3.05, 3.63) is 42.6 Å². The summed E-state index contributed by atoms with van der Waals surface area (Å²) in [5.74, 6) is 1.99. The Kier molecular flexibility index (Phi) is 5.46. The Hall–Kier alpha value is -2.37. The third kappa shape index (κ3) is 3.93. The zero-order chi connectivity index (χ0) is 16.8. The minimum absolute atomic E-state index is 0.00958. The van der Waals surface area contributed by atoms with E-state index in [0.29, 0.717) is 6.54 Å². The molecule has 128 valence electrons. The van der Waals surface area contributed by atoms with Crippen molar-refractivity contribution >= 4 is 11.7 Å². The second-order valence-corrected chi connectivity index (χ2v) is 6.23. The monoisotopic (exact) mass is 327 g/mol. The molecular formula is C18H25N5O. The number of pyridine rings is 1. The standard InChI is InChI=1S/C18H25N5O/c1-2-10-22-12-9-20-17(22)13-21-18(24)15-6-5-11-23(14-15)16-7-3-4-8-19-16/h3-4,7-9,12,15H,2,5-6,10-11,13-14H2,1H3,(H,21,24)/t15-/m0/s1. The maximum Gasteiger partial charge on any atom is 0.225 e. The van der Waals surface area contributed by atoms with E-state index >= 15 is 0 Å². The summed E-state index contributed by atoms with van der Waals surface area (Å²) in [5, 5.41) is 3.06. The van der Waals surface area contributed by atoms with Crippen LogP contribution in [0.25, 0.3) is 0 Å². The Bertz CT molecular complexity index is 654. The van der Waals surface area contributed by atoms with Gasteiger partial charge < -0.3 is 14.8 Å². The normalized spacial score (nSPS) is 17.7. The second-order valence-electron chi connectivity index (χ2n) is 6.23. The van der Waals surface area contributed by atoms with Gasteiger partial charge in [-0.05, 0) is 31.4 Å². The van der Waals surface area contributed by atoms with Gasteiger partial charge >= 0.3 is 0 Å². The highest BCUT2D eigenvalue weighted by molar-refractivity contribution is 5.79. The number of rotatable bonds is 6. The summed E-state index contributed by atoms with van der Waals surface area (Å²) in [7, 11) is 0. The Labute approximate surface area is 142 Å². The lowest BCUT2D eigenvalue weighted by molar-refractivity contribution is -0.125. The summed E-state index contributed by atoms with van der Waals surface area (Å²) in [6.07, 6.45) is 8.55. The molecule has 6 nitrogen and oxygen atoms in total. The van der Waals surface area contributed by atoms with E-state index in [2.05, 4.69) is 31.7 Å². The first-order valence-electron chi connectivity index (χ1n) is 8.71. The van der Waals surface area contributed by atoms with Crippen LogP contribution in [-0.4, -0.2) is 33.5 Å². The first-order valence-corrected chi connectivity index (χ1v) is 8.71. The molecular weight excluding hydrogens is 302 g/mol. The minimum Gasteiger partial charge on any atom is -0.356 e. The Morgan fingerprint density at radius 1 is 1.33 bits per heavy atom. The van der Waals surface area contributed by atoms with Gasteiger partial charge in [0.25, 0.3) is 0 Å². The van der Waals surface area contributed by atoms with Gasteiger partial charge in [-0.2, -0.15) is 0 Å². The number of amides is 1. The van der Waals surface area contributed by atoms with Crippen LogP contribution < -0.4 is 10.2 Å². The van der Waals surface area contributed by atoms with Crippen LogP contribution in [0.1, 0.15) is 32.0 Å². The average molecular weight is 327 g/mol. The van der Waals surface area contributed by atoms with Gasteiger partial charge in [-0.15, -0.1) is 0 Å². The third-order valence-corrected chi connectivity index (χ3v) is 4.45. The van der Waals surface area contributed by atoms with Gasteiger partial charge in [0.05, 0.1) is 12.5 Å². The van der Waals surface area contributed by atoms with Gasteiger partial charge in [0.15, 0.2) is 0 Å². The van der Waals surface area contributed by atoms with E-state index in [1.54, 1.807) is 12.4 Å². The maximum absolute atomic E-state index is 12.5. The van der Waals surface area contributed by atoms with Crippen molar-refractivity contribution in [2.75, 3.05) is 18.0 Å². The predicted octanol–water partition coefficient (Wildman–Crippen LogP) is 2.22. The number of carbonyl (C=O) groups is 1. The molecule has 1 amide bonds. The number of hydrogen-bond acceptors (Lipinski definition) is 4. The molecule has 24 heavy (non-hydrogen) atoms.